The summed E-state index contributed by atoms with van der Waals surface area (Å²) >= 11 is 0. The van der Waals surface area contributed by atoms with Gasteiger partial charge in [-0.1, -0.05) is 6.07 Å². The Labute approximate surface area is 794 Å². The Morgan fingerprint density at radius 1 is 0.322 bits per heavy atom. The number of rotatable bonds is 21. The lowest BCUT2D eigenvalue weighted by Crippen LogP contribution is -2.66. The van der Waals surface area contributed by atoms with Crippen molar-refractivity contribution in [2.45, 2.75) is 80.1 Å². The third-order valence-corrected chi connectivity index (χ3v) is 23.5. The molecule has 3 aliphatic heterocycles. The van der Waals surface area contributed by atoms with Gasteiger partial charge in [0.05, 0.1) is 61.7 Å². The van der Waals surface area contributed by atoms with E-state index in [9.17, 15) is 171 Å². The van der Waals surface area contributed by atoms with Crippen LogP contribution in [0.3, 0.4) is 0 Å². The highest BCUT2D eigenvalue weighted by molar-refractivity contribution is 6.00. The van der Waals surface area contributed by atoms with E-state index < -0.39 is 331 Å². The van der Waals surface area contributed by atoms with Crippen LogP contribution in [0.15, 0.2) is 133 Å². The van der Waals surface area contributed by atoms with Gasteiger partial charge in [0.15, 0.2) is 167 Å². The minimum Gasteiger partial charge on any atom is -0.504 e. The number of nitrogens with zero attached hydrogens (tertiary/aromatic N) is 1. The lowest BCUT2D eigenvalue weighted by Gasteiger charge is -2.58. The van der Waals surface area contributed by atoms with Gasteiger partial charge in [-0.15, -0.1) is 0 Å². The molecule has 143 heavy (non-hydrogen) atoms. The summed E-state index contributed by atoms with van der Waals surface area (Å²) < 4.78 is 66.6. The summed E-state index contributed by atoms with van der Waals surface area (Å²) in [5, 5.41) is 282. The summed E-state index contributed by atoms with van der Waals surface area (Å²) in [6.07, 6.45) is -11.7. The standard InChI is InChI=1S/C76H52O46.C17H21NO3/c77-32-1-22(2-33(78)53(32)92)67(103)113-47-16-27(11-42(87)58(47)97)66(102)112-21-52-63(119-72(108)28-12-43(88)59(98)48(17-28)114-68(104)23-3-34(79)54(93)35(80)4-23)64(120-73(109)29-13-44(89)60(99)49(18-29)115-69(105)24-5-36(81)55(94)37(82)6-24)65(121-74(110)30-14-45(90)61(100)50(19-30)116-70(106)25-7-38(83)56(95)39(84)8-25)76(118-52)122-75(111)31-15-46(91)62(101)51(20-31)117-71(107)26-9-40(85)57(96)41(86)10-26;1-18-7-6-17-10-3-5-13(20)16(17)21-15-12(19)4-2-9(14(15)17)8-11(10)18/h1-20,52,63-65,76-101H,21H2;2,4,10-11,13,16,19-20H,3,5-8H2,1H3/t52-,63-,64+,65-,76+;10-,11+,13-,16-,17-/m10/s1. The molecule has 10 atom stereocenters. The zero-order valence-electron chi connectivity index (χ0n) is 72.1. The predicted octanol–water partition coefficient (Wildman–Crippen LogP) is 6.26. The molecular formula is C93H73NO49. The quantitative estimate of drug-likeness (QED) is 0.0163. The number of hydrogen-bond acceptors (Lipinski definition) is 50. The molecule has 0 aromatic heterocycles. The highest BCUT2D eigenvalue weighted by atomic mass is 16.8. The van der Waals surface area contributed by atoms with E-state index in [1.807, 2.05) is 0 Å². The van der Waals surface area contributed by atoms with Crippen LogP contribution in [0, 0.1) is 5.92 Å². The molecule has 50 heteroatoms. The topological polar surface area (TPSA) is 831 Å². The van der Waals surface area contributed by atoms with Gasteiger partial charge in [0.25, 0.3) is 0 Å². The maximum Gasteiger partial charge on any atom is 0.343 e. The van der Waals surface area contributed by atoms with Crippen molar-refractivity contribution in [3.63, 3.8) is 0 Å². The molecule has 16 rings (SSSR count). The number of phenolic OH excluding ortho intramolecular Hbond substituents is 26. The number of carbonyl (C=O) groups is 10. The zero-order valence-corrected chi connectivity index (χ0v) is 72.1. The molecule has 5 aliphatic rings. The van der Waals surface area contributed by atoms with E-state index in [0.29, 0.717) is 139 Å². The fourth-order valence-electron chi connectivity index (χ4n) is 16.6. The van der Waals surface area contributed by atoms with E-state index in [2.05, 4.69) is 18.0 Å². The van der Waals surface area contributed by atoms with Crippen LogP contribution >= 0.6 is 0 Å². The molecule has 11 aromatic carbocycles. The third-order valence-electron chi connectivity index (χ3n) is 23.5. The molecule has 744 valence electrons. The molecular weight excluding hydrogens is 1910 g/mol. The van der Waals surface area contributed by atoms with Crippen molar-refractivity contribution >= 4 is 59.7 Å². The number of benzene rings is 11. The van der Waals surface area contributed by atoms with Crippen molar-refractivity contribution in [3.05, 3.63) is 200 Å². The summed E-state index contributed by atoms with van der Waals surface area (Å²) in [6, 6.07) is 12.9. The van der Waals surface area contributed by atoms with Crippen molar-refractivity contribution in [1.82, 2.24) is 4.90 Å². The molecule has 11 aromatic rings. The Morgan fingerprint density at radius 2 is 0.594 bits per heavy atom. The minimum atomic E-state index is -3.12. The van der Waals surface area contributed by atoms with Crippen molar-refractivity contribution < 1.29 is 243 Å². The molecule has 3 fully saturated rings. The van der Waals surface area contributed by atoms with Gasteiger partial charge in [0.1, 0.15) is 18.8 Å². The number of likely N-dealkylation sites (tertiary alicyclic amines) is 1. The largest absolute Gasteiger partial charge is 0.504 e. The van der Waals surface area contributed by atoms with Gasteiger partial charge in [0, 0.05) is 17.0 Å². The first-order valence-corrected chi connectivity index (χ1v) is 41.2. The second-order valence-corrected chi connectivity index (χ2v) is 32.4. The zero-order chi connectivity index (χ0) is 104. The number of phenols is 26. The predicted molar refractivity (Wildman–Crippen MR) is 460 cm³/mol. The van der Waals surface area contributed by atoms with E-state index in [0.717, 1.165) is 32.2 Å². The maximum atomic E-state index is 15.3. The molecule has 0 amide bonds. The molecule has 2 aliphatic carbocycles. The second-order valence-electron chi connectivity index (χ2n) is 32.4. The number of hydrogen-bond donors (Lipinski definition) is 27. The fraction of sp³-hybridized carbons (Fsp3) is 0.183. The van der Waals surface area contributed by atoms with E-state index in [-0.39, 0.29) is 17.3 Å². The van der Waals surface area contributed by atoms with Gasteiger partial charge in [-0.3, -0.25) is 0 Å². The number of aliphatic hydroxyl groups is 1. The molecule has 50 nitrogen and oxygen atoms in total. The lowest BCUT2D eigenvalue weighted by molar-refractivity contribution is -0.282. The maximum absolute atomic E-state index is 15.3. The monoisotopic (exact) mass is 1990 g/mol. The summed E-state index contributed by atoms with van der Waals surface area (Å²) in [5.74, 6) is -54.5. The number of ether oxygens (including phenoxy) is 12. The molecule has 27 N–H and O–H groups in total. The molecule has 1 spiro atoms. The Bertz CT molecular complexity index is 7070. The van der Waals surface area contributed by atoms with Crippen LogP contribution in [0.5, 0.6) is 184 Å². The average Bonchev–Trinajstić information content (AvgIpc) is 1.54. The highest BCUT2D eigenvalue weighted by Crippen LogP contribution is 2.64. The smallest absolute Gasteiger partial charge is 0.343 e. The van der Waals surface area contributed by atoms with E-state index in [1.165, 1.54) is 11.1 Å². The van der Waals surface area contributed by atoms with Gasteiger partial charge in [-0.05, 0) is 178 Å². The molecule has 2 saturated heterocycles. The summed E-state index contributed by atoms with van der Waals surface area (Å²) in [5.41, 5.74) is -7.43. The number of aromatic hydroxyl groups is 26. The fourth-order valence-corrected chi connectivity index (χ4v) is 16.6. The van der Waals surface area contributed by atoms with Crippen LogP contribution in [-0.2, 0) is 40.3 Å². The van der Waals surface area contributed by atoms with Crippen molar-refractivity contribution in [2.24, 2.45) is 5.92 Å². The van der Waals surface area contributed by atoms with Crippen LogP contribution in [0.25, 0.3) is 0 Å². The first-order valence-electron chi connectivity index (χ1n) is 41.2. The molecule has 0 radical (unpaired) electrons. The Morgan fingerprint density at radius 3 is 0.909 bits per heavy atom. The molecule has 3 heterocycles. The first kappa shape index (κ1) is 98.1. The van der Waals surface area contributed by atoms with Crippen LogP contribution in [0.4, 0.5) is 0 Å². The molecule has 1 saturated carbocycles. The summed E-state index contributed by atoms with van der Waals surface area (Å²) in [7, 11) is 2.22. The number of esters is 10. The Kier molecular flexibility index (Phi) is 26.0. The number of aliphatic hydroxyl groups excluding tert-OH is 1. The number of carbonyl (C=O) groups excluding carboxylic acids is 10. The summed E-state index contributed by atoms with van der Waals surface area (Å²) in [4.78, 5) is 145. The first-order chi connectivity index (χ1) is 67.5. The van der Waals surface area contributed by atoms with Crippen LogP contribution in [-0.4, -0.2) is 272 Å². The van der Waals surface area contributed by atoms with Gasteiger partial charge < -0.3 is 200 Å². The normalized spacial score (nSPS) is 18.9. The Hall–Kier alpha value is -19.4. The summed E-state index contributed by atoms with van der Waals surface area (Å²) in [6.45, 7) is -0.664. The number of piperidine rings is 1. The SMILES string of the molecule is CN1CC[C@]23c4c5ccc(O)c4O[C@H]2[C@@H](O)CC[C@H]3[C@H]1C5.O=C(OC[C@H]1O[C@@H](OC(=O)c2cc(O)c(O)c(OC(=O)c3cc(O)c(O)c(O)c3)c2)[C@H](OC(=O)c2cc(O)c(O)c(OC(=O)c3cc(O)c(O)c(O)c3)c2)[C@@H](OC(=O)c2cc(O)c(O)c(OC(=O)c3cc(O)c(O)c(O)c3)c2)[C@@H]1OC(=O)c1cc(O)c(O)c(OC(=O)c2cc(O)c(O)c(O)c2)c1)c1cc(O)c(O)c(OC(=O)c2cc(O)c(O)c(O)c2)c1. The van der Waals surface area contributed by atoms with Gasteiger partial charge in [-0.25, -0.2) is 47.9 Å². The minimum absolute atomic E-state index is 0.0729. The van der Waals surface area contributed by atoms with E-state index in [1.54, 1.807) is 6.07 Å². The highest BCUT2D eigenvalue weighted by Gasteiger charge is 2.66. The van der Waals surface area contributed by atoms with Gasteiger partial charge in [-0.2, -0.15) is 0 Å². The average molecular weight is 1990 g/mol. The van der Waals surface area contributed by atoms with Crippen molar-refractivity contribution in [3.8, 4) is 184 Å². The number of likely N-dealkylation sites (N-methyl/N-ethyl adjacent to an activating group) is 1. The third kappa shape index (κ3) is 18.8. The van der Waals surface area contributed by atoms with Gasteiger partial charge in [0.2, 0.25) is 41.1 Å². The molecule has 0 unspecified atom stereocenters. The van der Waals surface area contributed by atoms with Crippen LogP contribution in [0.2, 0.25) is 0 Å². The van der Waals surface area contributed by atoms with E-state index >= 15 is 14.4 Å². The van der Waals surface area contributed by atoms with Crippen LogP contribution < -0.4 is 28.4 Å². The Balaban J connectivity index is 0.000000637. The van der Waals surface area contributed by atoms with Crippen molar-refractivity contribution in [2.75, 3.05) is 20.2 Å². The van der Waals surface area contributed by atoms with Gasteiger partial charge >= 0.3 is 59.7 Å². The second kappa shape index (κ2) is 37.9. The van der Waals surface area contributed by atoms with E-state index in [4.69, 9.17) is 56.8 Å². The molecule has 2 bridgehead atoms. The van der Waals surface area contributed by atoms with Crippen molar-refractivity contribution in [1.29, 1.82) is 0 Å². The lowest BCUT2D eigenvalue weighted by atomic mass is 9.51. The van der Waals surface area contributed by atoms with Crippen LogP contribution in [0.1, 0.15) is 134 Å².